The topological polar surface area (TPSA) is 23.5 Å². The molecule has 2 aromatic rings. The summed E-state index contributed by atoms with van der Waals surface area (Å²) in [5.74, 6) is 0. The van der Waals surface area contributed by atoms with Gasteiger partial charge in [-0.25, -0.2) is 0 Å². The van der Waals surface area contributed by atoms with E-state index in [0.717, 1.165) is 6.54 Å². The second kappa shape index (κ2) is 5.16. The van der Waals surface area contributed by atoms with Gasteiger partial charge in [-0.2, -0.15) is 0 Å². The maximum Gasteiger partial charge on any atom is 0.0820 e. The zero-order valence-corrected chi connectivity index (χ0v) is 11.1. The van der Waals surface area contributed by atoms with Gasteiger partial charge in [0.05, 0.1) is 12.1 Å². The summed E-state index contributed by atoms with van der Waals surface area (Å²) in [6, 6.07) is 21.5. The Morgan fingerprint density at radius 2 is 1.42 bits per heavy atom. The van der Waals surface area contributed by atoms with Crippen molar-refractivity contribution in [2.24, 2.45) is 0 Å². The van der Waals surface area contributed by atoms with Crippen molar-refractivity contribution in [3.05, 3.63) is 71.8 Å². The average molecular weight is 253 g/mol. The molecule has 0 saturated carbocycles. The molecule has 1 N–H and O–H groups in total. The number of benzene rings is 2. The van der Waals surface area contributed by atoms with Crippen LogP contribution in [0.2, 0.25) is 0 Å². The van der Waals surface area contributed by atoms with E-state index in [1.807, 2.05) is 12.1 Å². The third kappa shape index (κ3) is 2.29. The number of likely N-dealkylation sites (tertiary alicyclic amines) is 1. The molecule has 0 aromatic heterocycles. The van der Waals surface area contributed by atoms with Gasteiger partial charge in [0.15, 0.2) is 0 Å². The highest BCUT2D eigenvalue weighted by Crippen LogP contribution is 2.35. The Kier molecular flexibility index (Phi) is 3.36. The highest BCUT2D eigenvalue weighted by molar-refractivity contribution is 5.32. The molecule has 1 fully saturated rings. The Morgan fingerprint density at radius 1 is 0.947 bits per heavy atom. The molecule has 2 nitrogen and oxygen atoms in total. The lowest BCUT2D eigenvalue weighted by atomic mass is 9.90. The molecule has 19 heavy (non-hydrogen) atoms. The highest BCUT2D eigenvalue weighted by atomic mass is 16.3. The molecule has 0 bridgehead atoms. The molecular weight excluding hydrogens is 234 g/mol. The molecular formula is C17H19NO. The molecule has 1 heterocycles. The molecule has 1 aliphatic heterocycles. The lowest BCUT2D eigenvalue weighted by Crippen LogP contribution is -2.59. The largest absolute Gasteiger partial charge is 0.390 e. The van der Waals surface area contributed by atoms with Crippen LogP contribution in [-0.4, -0.2) is 28.7 Å². The SMILES string of the molecule is C[C@H]1C(O)CN1C(c1ccccc1)c1ccccc1. The van der Waals surface area contributed by atoms with Crippen LogP contribution < -0.4 is 0 Å². The number of hydrogen-bond donors (Lipinski definition) is 1. The van der Waals surface area contributed by atoms with Crippen molar-refractivity contribution in [3.63, 3.8) is 0 Å². The quantitative estimate of drug-likeness (QED) is 0.909. The van der Waals surface area contributed by atoms with E-state index in [1.165, 1.54) is 11.1 Å². The molecule has 1 aliphatic rings. The number of aliphatic hydroxyl groups is 1. The molecule has 0 radical (unpaired) electrons. The Labute approximate surface area is 114 Å². The fourth-order valence-corrected chi connectivity index (χ4v) is 2.80. The van der Waals surface area contributed by atoms with Crippen LogP contribution >= 0.6 is 0 Å². The molecule has 2 atom stereocenters. The molecule has 1 unspecified atom stereocenters. The Hall–Kier alpha value is -1.64. The summed E-state index contributed by atoms with van der Waals surface area (Å²) in [4.78, 5) is 2.36. The van der Waals surface area contributed by atoms with Gasteiger partial charge in [0, 0.05) is 12.6 Å². The fourth-order valence-electron chi connectivity index (χ4n) is 2.80. The Bertz CT molecular complexity index is 486. The normalized spacial score (nSPS) is 23.3. The molecule has 2 aromatic carbocycles. The van der Waals surface area contributed by atoms with E-state index in [-0.39, 0.29) is 18.2 Å². The van der Waals surface area contributed by atoms with Crippen molar-refractivity contribution in [1.82, 2.24) is 4.90 Å². The average Bonchev–Trinajstić information content (AvgIpc) is 2.49. The van der Waals surface area contributed by atoms with Crippen molar-refractivity contribution in [3.8, 4) is 0 Å². The van der Waals surface area contributed by atoms with Gasteiger partial charge in [-0.05, 0) is 18.1 Å². The van der Waals surface area contributed by atoms with E-state index in [9.17, 15) is 5.11 Å². The molecule has 0 spiro atoms. The number of aliphatic hydroxyl groups excluding tert-OH is 1. The van der Waals surface area contributed by atoms with Crippen molar-refractivity contribution in [2.75, 3.05) is 6.54 Å². The van der Waals surface area contributed by atoms with Crippen LogP contribution in [0.5, 0.6) is 0 Å². The van der Waals surface area contributed by atoms with Gasteiger partial charge in [0.2, 0.25) is 0 Å². The summed E-state index contributed by atoms with van der Waals surface area (Å²) >= 11 is 0. The van der Waals surface area contributed by atoms with Crippen LogP contribution in [0.1, 0.15) is 24.1 Å². The maximum absolute atomic E-state index is 9.79. The number of nitrogens with zero attached hydrogens (tertiary/aromatic N) is 1. The minimum absolute atomic E-state index is 0.199. The van der Waals surface area contributed by atoms with E-state index in [0.29, 0.717) is 0 Å². The first-order valence-electron chi connectivity index (χ1n) is 6.81. The predicted octanol–water partition coefficient (Wildman–Crippen LogP) is 2.84. The number of β-amino-alcohol motifs (C(OH)–C–C–N with tert-alkyl or cyclic N) is 1. The van der Waals surface area contributed by atoms with Gasteiger partial charge in [-0.1, -0.05) is 60.7 Å². The van der Waals surface area contributed by atoms with Crippen LogP contribution in [0, 0.1) is 0 Å². The van der Waals surface area contributed by atoms with Crippen LogP contribution in [0.3, 0.4) is 0 Å². The lowest BCUT2D eigenvalue weighted by Gasteiger charge is -2.48. The third-order valence-corrected chi connectivity index (χ3v) is 4.04. The maximum atomic E-state index is 9.79. The van der Waals surface area contributed by atoms with E-state index in [1.54, 1.807) is 0 Å². The monoisotopic (exact) mass is 253 g/mol. The van der Waals surface area contributed by atoms with Gasteiger partial charge >= 0.3 is 0 Å². The van der Waals surface area contributed by atoms with Crippen molar-refractivity contribution < 1.29 is 5.11 Å². The van der Waals surface area contributed by atoms with Crippen molar-refractivity contribution in [2.45, 2.75) is 25.1 Å². The minimum Gasteiger partial charge on any atom is -0.390 e. The minimum atomic E-state index is -0.199. The number of rotatable bonds is 3. The smallest absolute Gasteiger partial charge is 0.0820 e. The Morgan fingerprint density at radius 3 is 1.79 bits per heavy atom. The zero-order valence-electron chi connectivity index (χ0n) is 11.1. The molecule has 0 amide bonds. The second-order valence-electron chi connectivity index (χ2n) is 5.23. The van der Waals surface area contributed by atoms with Crippen LogP contribution in [-0.2, 0) is 0 Å². The summed E-state index contributed by atoms with van der Waals surface area (Å²) in [5, 5.41) is 9.79. The molecule has 0 aliphatic carbocycles. The van der Waals surface area contributed by atoms with Gasteiger partial charge < -0.3 is 5.11 Å². The molecule has 1 saturated heterocycles. The van der Waals surface area contributed by atoms with Gasteiger partial charge in [0.25, 0.3) is 0 Å². The highest BCUT2D eigenvalue weighted by Gasteiger charge is 2.39. The van der Waals surface area contributed by atoms with E-state index < -0.39 is 0 Å². The first kappa shape index (κ1) is 12.4. The van der Waals surface area contributed by atoms with Gasteiger partial charge in [-0.15, -0.1) is 0 Å². The first-order chi connectivity index (χ1) is 9.27. The second-order valence-corrected chi connectivity index (χ2v) is 5.23. The third-order valence-electron chi connectivity index (χ3n) is 4.04. The van der Waals surface area contributed by atoms with Gasteiger partial charge in [0.1, 0.15) is 0 Å². The number of hydrogen-bond acceptors (Lipinski definition) is 2. The van der Waals surface area contributed by atoms with E-state index in [4.69, 9.17) is 0 Å². The summed E-state index contributed by atoms with van der Waals surface area (Å²) in [6.07, 6.45) is -0.199. The van der Waals surface area contributed by atoms with Crippen LogP contribution in [0.4, 0.5) is 0 Å². The van der Waals surface area contributed by atoms with E-state index in [2.05, 4.69) is 60.4 Å². The summed E-state index contributed by atoms with van der Waals surface area (Å²) in [5.41, 5.74) is 2.57. The molecule has 2 heteroatoms. The van der Waals surface area contributed by atoms with Crippen molar-refractivity contribution >= 4 is 0 Å². The Balaban J connectivity index is 1.97. The van der Waals surface area contributed by atoms with Crippen molar-refractivity contribution in [1.29, 1.82) is 0 Å². The summed E-state index contributed by atoms with van der Waals surface area (Å²) in [7, 11) is 0. The molecule has 3 rings (SSSR count). The zero-order chi connectivity index (χ0) is 13.2. The predicted molar refractivity (Wildman–Crippen MR) is 76.9 cm³/mol. The summed E-state index contributed by atoms with van der Waals surface area (Å²) in [6.45, 7) is 2.84. The standard InChI is InChI=1S/C17H19NO/c1-13-16(19)12-18(13)17(14-8-4-2-5-9-14)15-10-6-3-7-11-15/h2-11,13,16-17,19H,12H2,1H3/t13-,16?/m0/s1. The summed E-state index contributed by atoms with van der Waals surface area (Å²) < 4.78 is 0. The fraction of sp³-hybridized carbons (Fsp3) is 0.294. The lowest BCUT2D eigenvalue weighted by molar-refractivity contribution is -0.0693. The van der Waals surface area contributed by atoms with Crippen LogP contribution in [0.25, 0.3) is 0 Å². The van der Waals surface area contributed by atoms with Gasteiger partial charge in [-0.3, -0.25) is 4.90 Å². The van der Waals surface area contributed by atoms with Crippen LogP contribution in [0.15, 0.2) is 60.7 Å². The molecule has 98 valence electrons. The first-order valence-corrected chi connectivity index (χ1v) is 6.81. The van der Waals surface area contributed by atoms with E-state index >= 15 is 0 Å².